The minimum atomic E-state index is -4.65. The third kappa shape index (κ3) is 5.22. The summed E-state index contributed by atoms with van der Waals surface area (Å²) in [5.41, 5.74) is -0.784. The summed E-state index contributed by atoms with van der Waals surface area (Å²) < 4.78 is 71.2. The average molecular weight is 536 g/mol. The normalized spacial score (nSPS) is 18.1. The van der Waals surface area contributed by atoms with Crippen molar-refractivity contribution >= 4 is 33.1 Å². The van der Waals surface area contributed by atoms with E-state index in [9.17, 15) is 21.6 Å². The Morgan fingerprint density at radius 1 is 1.05 bits per heavy atom. The van der Waals surface area contributed by atoms with Gasteiger partial charge in [-0.25, -0.2) is 28.4 Å². The number of likely N-dealkylation sites (tertiary alicyclic amines) is 1. The van der Waals surface area contributed by atoms with Crippen molar-refractivity contribution < 1.29 is 26.3 Å². The predicted molar refractivity (Wildman–Crippen MR) is 128 cm³/mol. The Bertz CT molecular complexity index is 1420. The Balaban J connectivity index is 1.36. The van der Waals surface area contributed by atoms with E-state index in [1.54, 1.807) is 6.92 Å². The van der Waals surface area contributed by atoms with Crippen LogP contribution in [0.25, 0.3) is 0 Å². The molecule has 2 N–H and O–H groups in total. The second-order valence-corrected chi connectivity index (χ2v) is 11.4. The molecule has 37 heavy (non-hydrogen) atoms. The zero-order chi connectivity index (χ0) is 26.4. The number of rotatable bonds is 7. The molecule has 196 valence electrons. The molecule has 2 aliphatic rings. The third-order valence-electron chi connectivity index (χ3n) is 6.43. The standard InChI is InChI=1S/C23H24F3N7O3S/c1-14(33-9-22(10-33)11-36-12-22)15-5-6-17(31-20(15)23(24,25)26)30-18-8-19(29-13-28-18)32-21-16(37(2,34)35)4-3-7-27-21/h3-8,13-14H,9-12H2,1-2H3,(H2,27,28,29,30,31,32)/t14-/m0/s1. The summed E-state index contributed by atoms with van der Waals surface area (Å²) >= 11 is 0. The van der Waals surface area contributed by atoms with Crippen LogP contribution in [-0.2, 0) is 20.8 Å². The fraction of sp³-hybridized carbons (Fsp3) is 0.391. The first-order chi connectivity index (χ1) is 17.4. The van der Waals surface area contributed by atoms with Crippen LogP contribution >= 0.6 is 0 Å². The van der Waals surface area contributed by atoms with Gasteiger partial charge in [0.25, 0.3) is 0 Å². The van der Waals surface area contributed by atoms with E-state index in [4.69, 9.17) is 4.74 Å². The molecular weight excluding hydrogens is 511 g/mol. The fourth-order valence-electron chi connectivity index (χ4n) is 4.49. The zero-order valence-electron chi connectivity index (χ0n) is 20.0. The van der Waals surface area contributed by atoms with Crippen molar-refractivity contribution in [3.05, 3.63) is 54.1 Å². The quantitative estimate of drug-likeness (QED) is 0.464. The maximum absolute atomic E-state index is 14.0. The van der Waals surface area contributed by atoms with E-state index in [2.05, 4.69) is 30.6 Å². The van der Waals surface area contributed by atoms with Crippen LogP contribution in [0.5, 0.6) is 0 Å². The number of ether oxygens (including phenoxy) is 1. The average Bonchev–Trinajstić information content (AvgIpc) is 2.76. The molecule has 3 aromatic heterocycles. The predicted octanol–water partition coefficient (Wildman–Crippen LogP) is 3.57. The maximum Gasteiger partial charge on any atom is 0.433 e. The van der Waals surface area contributed by atoms with Gasteiger partial charge in [-0.1, -0.05) is 6.07 Å². The van der Waals surface area contributed by atoms with Crippen LogP contribution in [0.3, 0.4) is 0 Å². The highest BCUT2D eigenvalue weighted by atomic mass is 32.2. The number of halogens is 3. The molecule has 0 radical (unpaired) electrons. The van der Waals surface area contributed by atoms with Crippen molar-refractivity contribution in [2.75, 3.05) is 43.2 Å². The summed E-state index contributed by atoms with van der Waals surface area (Å²) in [5, 5.41) is 5.58. The fourth-order valence-corrected chi connectivity index (χ4v) is 5.27. The van der Waals surface area contributed by atoms with Crippen LogP contribution in [0.1, 0.15) is 24.2 Å². The van der Waals surface area contributed by atoms with Crippen LogP contribution in [0, 0.1) is 5.41 Å². The Labute approximate surface area is 211 Å². The maximum atomic E-state index is 14.0. The highest BCUT2D eigenvalue weighted by Crippen LogP contribution is 2.44. The molecular formula is C23H24F3N7O3S. The number of anilines is 4. The van der Waals surface area contributed by atoms with E-state index in [0.717, 1.165) is 6.26 Å². The molecule has 0 unspecified atom stereocenters. The molecule has 2 saturated heterocycles. The lowest BCUT2D eigenvalue weighted by Crippen LogP contribution is -2.66. The molecule has 0 aromatic carbocycles. The van der Waals surface area contributed by atoms with E-state index < -0.39 is 27.7 Å². The van der Waals surface area contributed by atoms with Crippen molar-refractivity contribution in [3.8, 4) is 0 Å². The molecule has 3 aromatic rings. The molecule has 0 saturated carbocycles. The number of nitrogens with one attached hydrogen (secondary N) is 2. The molecule has 14 heteroatoms. The van der Waals surface area contributed by atoms with Gasteiger partial charge in [-0.15, -0.1) is 0 Å². The van der Waals surface area contributed by atoms with Gasteiger partial charge in [0.15, 0.2) is 15.5 Å². The highest BCUT2D eigenvalue weighted by Gasteiger charge is 2.51. The number of nitrogens with zero attached hydrogens (tertiary/aromatic N) is 5. The Kier molecular flexibility index (Phi) is 6.28. The lowest BCUT2D eigenvalue weighted by atomic mass is 9.76. The van der Waals surface area contributed by atoms with Crippen LogP contribution in [0.2, 0.25) is 0 Å². The number of sulfone groups is 1. The number of hydrogen-bond acceptors (Lipinski definition) is 10. The van der Waals surface area contributed by atoms with Gasteiger partial charge in [-0.2, -0.15) is 13.2 Å². The van der Waals surface area contributed by atoms with Crippen LogP contribution < -0.4 is 10.6 Å². The summed E-state index contributed by atoms with van der Waals surface area (Å²) in [6, 6.07) is 6.74. The van der Waals surface area contributed by atoms with Gasteiger partial charge in [0.05, 0.1) is 13.2 Å². The van der Waals surface area contributed by atoms with Gasteiger partial charge in [0.1, 0.15) is 34.5 Å². The zero-order valence-corrected chi connectivity index (χ0v) is 20.8. The number of alkyl halides is 3. The molecule has 2 aliphatic heterocycles. The molecule has 1 spiro atoms. The summed E-state index contributed by atoms with van der Waals surface area (Å²) in [6.07, 6.45) is -0.998. The molecule has 1 atom stereocenters. The number of pyridine rings is 2. The van der Waals surface area contributed by atoms with Gasteiger partial charge >= 0.3 is 6.18 Å². The monoisotopic (exact) mass is 535 g/mol. The molecule has 2 fully saturated rings. The third-order valence-corrected chi connectivity index (χ3v) is 7.55. The molecule has 5 heterocycles. The van der Waals surface area contributed by atoms with E-state index in [-0.39, 0.29) is 39.1 Å². The minimum absolute atomic E-state index is 0.0257. The van der Waals surface area contributed by atoms with E-state index in [1.807, 2.05) is 4.90 Å². The van der Waals surface area contributed by atoms with Gasteiger partial charge < -0.3 is 15.4 Å². The van der Waals surface area contributed by atoms with E-state index in [1.165, 1.54) is 42.9 Å². The van der Waals surface area contributed by atoms with Crippen LogP contribution in [0.15, 0.2) is 47.8 Å². The van der Waals surface area contributed by atoms with Gasteiger partial charge in [-0.05, 0) is 30.7 Å². The second kappa shape index (κ2) is 9.19. The van der Waals surface area contributed by atoms with Crippen molar-refractivity contribution in [1.82, 2.24) is 24.8 Å². The van der Waals surface area contributed by atoms with Crippen molar-refractivity contribution in [3.63, 3.8) is 0 Å². The molecule has 5 rings (SSSR count). The van der Waals surface area contributed by atoms with Gasteiger partial charge in [-0.3, -0.25) is 4.90 Å². The van der Waals surface area contributed by atoms with Crippen LogP contribution in [0.4, 0.5) is 36.4 Å². The van der Waals surface area contributed by atoms with Crippen LogP contribution in [-0.4, -0.2) is 65.8 Å². The second-order valence-electron chi connectivity index (χ2n) is 9.37. The van der Waals surface area contributed by atoms with Crippen molar-refractivity contribution in [1.29, 1.82) is 0 Å². The topological polar surface area (TPSA) is 122 Å². The molecule has 0 bridgehead atoms. The lowest BCUT2D eigenvalue weighted by Gasteiger charge is -2.57. The van der Waals surface area contributed by atoms with Gasteiger partial charge in [0.2, 0.25) is 0 Å². The summed E-state index contributed by atoms with van der Waals surface area (Å²) in [4.78, 5) is 18.0. The lowest BCUT2D eigenvalue weighted by molar-refractivity contribution is -0.198. The SMILES string of the molecule is C[C@@H](c1ccc(Nc2cc(Nc3ncccc3S(C)(=O)=O)ncn2)nc1C(F)(F)F)N1CC2(COC2)C1. The molecule has 10 nitrogen and oxygen atoms in total. The summed E-state index contributed by atoms with van der Waals surface area (Å²) in [6.45, 7) is 4.43. The summed E-state index contributed by atoms with van der Waals surface area (Å²) in [5.74, 6) is 0.362. The Hall–Kier alpha value is -3.36. The smallest absolute Gasteiger partial charge is 0.380 e. The Morgan fingerprint density at radius 2 is 1.76 bits per heavy atom. The molecule has 0 amide bonds. The summed E-state index contributed by atoms with van der Waals surface area (Å²) in [7, 11) is -3.56. The van der Waals surface area contributed by atoms with E-state index in [0.29, 0.717) is 26.3 Å². The first-order valence-corrected chi connectivity index (χ1v) is 13.2. The number of aromatic nitrogens is 4. The largest absolute Gasteiger partial charge is 0.433 e. The Morgan fingerprint density at radius 3 is 2.38 bits per heavy atom. The molecule has 0 aliphatic carbocycles. The highest BCUT2D eigenvalue weighted by molar-refractivity contribution is 7.90. The minimum Gasteiger partial charge on any atom is -0.380 e. The van der Waals surface area contributed by atoms with Crippen molar-refractivity contribution in [2.24, 2.45) is 5.41 Å². The first kappa shape index (κ1) is 25.3. The van der Waals surface area contributed by atoms with Crippen molar-refractivity contribution in [2.45, 2.75) is 24.0 Å². The number of hydrogen-bond donors (Lipinski definition) is 2. The first-order valence-electron chi connectivity index (χ1n) is 11.3. The van der Waals surface area contributed by atoms with E-state index >= 15 is 0 Å². The van der Waals surface area contributed by atoms with Gasteiger partial charge in [0, 0.05) is 43.1 Å².